The van der Waals surface area contributed by atoms with Crippen molar-refractivity contribution in [3.05, 3.63) is 12.7 Å². The maximum atomic E-state index is 10.2. The molecule has 1 radical (unpaired) electrons. The quantitative estimate of drug-likeness (QED) is 0.397. The van der Waals surface area contributed by atoms with E-state index in [2.05, 4.69) is 6.58 Å². The highest BCUT2D eigenvalue weighted by Gasteiger charge is 1.93. The lowest BCUT2D eigenvalue weighted by atomic mass is 10.4. The molecule has 1 unspecified atom stereocenters. The van der Waals surface area contributed by atoms with E-state index in [9.17, 15) is 5.11 Å². The molecule has 0 fully saturated rings. The van der Waals surface area contributed by atoms with Crippen molar-refractivity contribution in [2.75, 3.05) is 13.2 Å². The van der Waals surface area contributed by atoms with Gasteiger partial charge in [0.05, 0.1) is 13.2 Å². The van der Waals surface area contributed by atoms with E-state index in [0.717, 1.165) is 0 Å². The lowest BCUT2D eigenvalue weighted by Crippen LogP contribution is -2.08. The van der Waals surface area contributed by atoms with Crippen LogP contribution in [0, 0.1) is 0 Å². The molecule has 47 valence electrons. The first-order chi connectivity index (χ1) is 3.77. The van der Waals surface area contributed by atoms with E-state index in [-0.39, 0.29) is 6.61 Å². The van der Waals surface area contributed by atoms with E-state index in [1.807, 2.05) is 0 Å². The second-order valence-corrected chi connectivity index (χ2v) is 1.64. The highest BCUT2D eigenvalue weighted by molar-refractivity contribution is 4.63. The molecule has 0 amide bonds. The molecule has 0 saturated carbocycles. The summed E-state index contributed by atoms with van der Waals surface area (Å²) in [6, 6.07) is 0. The lowest BCUT2D eigenvalue weighted by molar-refractivity contribution is 0.0169. The summed E-state index contributed by atoms with van der Waals surface area (Å²) < 4.78 is 4.81. The minimum Gasteiger partial charge on any atom is -0.375 e. The van der Waals surface area contributed by atoms with Crippen LogP contribution in [0.1, 0.15) is 6.92 Å². The zero-order valence-corrected chi connectivity index (χ0v) is 5.09. The highest BCUT2D eigenvalue weighted by Crippen LogP contribution is 1.82. The van der Waals surface area contributed by atoms with Crippen LogP contribution in [0.3, 0.4) is 0 Å². The van der Waals surface area contributed by atoms with Gasteiger partial charge in [-0.2, -0.15) is 0 Å². The van der Waals surface area contributed by atoms with Gasteiger partial charge in [0.25, 0.3) is 0 Å². The van der Waals surface area contributed by atoms with Gasteiger partial charge >= 0.3 is 0 Å². The fourth-order valence-electron chi connectivity index (χ4n) is 0.317. The Morgan fingerprint density at radius 2 is 2.50 bits per heavy atom. The first-order valence-corrected chi connectivity index (χ1v) is 2.62. The third-order valence-electron chi connectivity index (χ3n) is 0.588. The zero-order chi connectivity index (χ0) is 6.41. The molecular formula is C6H11O2. The van der Waals surface area contributed by atoms with Crippen molar-refractivity contribution in [3.8, 4) is 0 Å². The van der Waals surface area contributed by atoms with Gasteiger partial charge in [0.2, 0.25) is 0 Å². The molecule has 0 aromatic rings. The summed E-state index contributed by atoms with van der Waals surface area (Å²) >= 11 is 0. The molecule has 0 rings (SSSR count). The molecular weight excluding hydrogens is 104 g/mol. The van der Waals surface area contributed by atoms with Crippen LogP contribution in [0.4, 0.5) is 0 Å². The van der Waals surface area contributed by atoms with Gasteiger partial charge < -0.3 is 4.74 Å². The largest absolute Gasteiger partial charge is 0.375 e. The van der Waals surface area contributed by atoms with Crippen LogP contribution in [0.25, 0.3) is 0 Å². The molecule has 1 atom stereocenters. The van der Waals surface area contributed by atoms with Gasteiger partial charge in [-0.3, -0.25) is 0 Å². The molecule has 0 bridgehead atoms. The Bertz CT molecular complexity index is 59.5. The van der Waals surface area contributed by atoms with E-state index >= 15 is 0 Å². The Hall–Kier alpha value is -0.340. The Morgan fingerprint density at radius 3 is 2.88 bits per heavy atom. The van der Waals surface area contributed by atoms with Gasteiger partial charge in [-0.25, -0.2) is 5.11 Å². The molecule has 2 nitrogen and oxygen atoms in total. The van der Waals surface area contributed by atoms with Crippen molar-refractivity contribution in [1.82, 2.24) is 0 Å². The summed E-state index contributed by atoms with van der Waals surface area (Å²) in [7, 11) is 0. The lowest BCUT2D eigenvalue weighted by Gasteiger charge is -1.99. The van der Waals surface area contributed by atoms with E-state index in [4.69, 9.17) is 4.74 Å². The van der Waals surface area contributed by atoms with Crippen LogP contribution in [0.2, 0.25) is 0 Å². The smallest absolute Gasteiger partial charge is 0.113 e. The molecule has 0 aliphatic rings. The number of ether oxygens (including phenoxy) is 1. The summed E-state index contributed by atoms with van der Waals surface area (Å²) in [5.41, 5.74) is 0. The summed E-state index contributed by atoms with van der Waals surface area (Å²) in [4.78, 5) is 0. The van der Waals surface area contributed by atoms with Crippen molar-refractivity contribution in [1.29, 1.82) is 0 Å². The Morgan fingerprint density at radius 1 is 1.88 bits per heavy atom. The molecule has 0 aliphatic carbocycles. The Kier molecular flexibility index (Phi) is 4.61. The summed E-state index contributed by atoms with van der Waals surface area (Å²) in [6.07, 6.45) is 1.01. The number of hydrogen-bond donors (Lipinski definition) is 0. The molecule has 0 spiro atoms. The van der Waals surface area contributed by atoms with E-state index in [0.29, 0.717) is 6.61 Å². The first-order valence-electron chi connectivity index (χ1n) is 2.62. The molecule has 0 N–H and O–H groups in total. The molecule has 0 aromatic carbocycles. The van der Waals surface area contributed by atoms with E-state index in [1.165, 1.54) is 0 Å². The van der Waals surface area contributed by atoms with Crippen molar-refractivity contribution in [2.24, 2.45) is 0 Å². The molecule has 0 heterocycles. The van der Waals surface area contributed by atoms with Crippen LogP contribution in [-0.2, 0) is 9.84 Å². The summed E-state index contributed by atoms with van der Waals surface area (Å²) in [6.45, 7) is 5.77. The maximum Gasteiger partial charge on any atom is 0.113 e. The van der Waals surface area contributed by atoms with E-state index in [1.54, 1.807) is 13.0 Å². The predicted octanol–water partition coefficient (Wildman–Crippen LogP) is 1.01. The van der Waals surface area contributed by atoms with Gasteiger partial charge in [-0.1, -0.05) is 6.08 Å². The van der Waals surface area contributed by atoms with Crippen molar-refractivity contribution >= 4 is 0 Å². The predicted molar refractivity (Wildman–Crippen MR) is 31.2 cm³/mol. The van der Waals surface area contributed by atoms with Gasteiger partial charge in [0.1, 0.15) is 6.10 Å². The Labute approximate surface area is 49.8 Å². The highest BCUT2D eigenvalue weighted by atomic mass is 16.5. The summed E-state index contributed by atoms with van der Waals surface area (Å²) in [5.74, 6) is 0. The molecule has 2 heteroatoms. The number of hydrogen-bond acceptors (Lipinski definition) is 1. The van der Waals surface area contributed by atoms with Crippen LogP contribution in [0.15, 0.2) is 12.7 Å². The normalized spacial score (nSPS) is 13.2. The van der Waals surface area contributed by atoms with Crippen LogP contribution < -0.4 is 0 Å². The topological polar surface area (TPSA) is 29.1 Å². The third kappa shape index (κ3) is 5.66. The molecule has 0 aromatic heterocycles. The third-order valence-corrected chi connectivity index (χ3v) is 0.588. The van der Waals surface area contributed by atoms with Crippen molar-refractivity contribution in [3.63, 3.8) is 0 Å². The van der Waals surface area contributed by atoms with Crippen LogP contribution in [0.5, 0.6) is 0 Å². The minimum atomic E-state index is -0.616. The average Bonchev–Trinajstić information content (AvgIpc) is 1.66. The van der Waals surface area contributed by atoms with Crippen molar-refractivity contribution < 1.29 is 9.84 Å². The van der Waals surface area contributed by atoms with Crippen molar-refractivity contribution in [2.45, 2.75) is 13.0 Å². The van der Waals surface area contributed by atoms with Gasteiger partial charge in [-0.05, 0) is 6.92 Å². The fourth-order valence-corrected chi connectivity index (χ4v) is 0.317. The monoisotopic (exact) mass is 115 g/mol. The standard InChI is InChI=1S/C6H11O2/c1-3-4-8-5-6(2)7/h3,6H,1,4-5H2,2H3. The summed E-state index contributed by atoms with van der Waals surface area (Å²) in [5, 5.41) is 10.2. The zero-order valence-electron chi connectivity index (χ0n) is 5.09. The van der Waals surface area contributed by atoms with Gasteiger partial charge in [0, 0.05) is 0 Å². The average molecular weight is 115 g/mol. The molecule has 0 aliphatic heterocycles. The van der Waals surface area contributed by atoms with Crippen LogP contribution >= 0.6 is 0 Å². The Balaban J connectivity index is 2.81. The second-order valence-electron chi connectivity index (χ2n) is 1.64. The van der Waals surface area contributed by atoms with Crippen LogP contribution in [-0.4, -0.2) is 19.3 Å². The van der Waals surface area contributed by atoms with E-state index < -0.39 is 6.10 Å². The molecule has 0 saturated heterocycles. The van der Waals surface area contributed by atoms with Gasteiger partial charge in [-0.15, -0.1) is 6.58 Å². The maximum absolute atomic E-state index is 10.2. The fraction of sp³-hybridized carbons (Fsp3) is 0.667. The number of rotatable bonds is 4. The second kappa shape index (κ2) is 4.81. The minimum absolute atomic E-state index is 0.284. The first kappa shape index (κ1) is 7.66. The molecule has 8 heavy (non-hydrogen) atoms. The van der Waals surface area contributed by atoms with Gasteiger partial charge in [0.15, 0.2) is 0 Å². The SMILES string of the molecule is C=CCOCC(C)[O].